The number of alkyl halides is 6. The summed E-state index contributed by atoms with van der Waals surface area (Å²) in [5.41, 5.74) is -9.10. The Balaban J connectivity index is 1.73. The highest BCUT2D eigenvalue weighted by molar-refractivity contribution is 7.85. The molecule has 34 heavy (non-hydrogen) atoms. The second-order valence-corrected chi connectivity index (χ2v) is 11.8. The normalized spacial score (nSPS) is 36.6. The predicted octanol–water partition coefficient (Wildman–Crippen LogP) is 3.74. The monoisotopic (exact) mass is 520 g/mol. The Morgan fingerprint density at radius 3 is 2.09 bits per heavy atom. The van der Waals surface area contributed by atoms with Crippen molar-refractivity contribution < 1.29 is 58.4 Å². The van der Waals surface area contributed by atoms with E-state index in [0.29, 0.717) is 19.3 Å². The van der Waals surface area contributed by atoms with Gasteiger partial charge in [0.2, 0.25) is 0 Å². The number of carbonyl (C=O) groups is 2. The number of hydrogen-bond acceptors (Lipinski definition) is 6. The summed E-state index contributed by atoms with van der Waals surface area (Å²) in [6.45, 7) is 4.85. The van der Waals surface area contributed by atoms with Crippen molar-refractivity contribution in [2.24, 2.45) is 22.7 Å². The molecule has 0 radical (unpaired) electrons. The van der Waals surface area contributed by atoms with Gasteiger partial charge in [-0.2, -0.15) is 34.8 Å². The number of halogens is 6. The highest BCUT2D eigenvalue weighted by Gasteiger charge is 2.81. The van der Waals surface area contributed by atoms with E-state index in [9.17, 15) is 44.3 Å². The third kappa shape index (κ3) is 3.46. The molecule has 7 nitrogen and oxygen atoms in total. The number of ether oxygens (including phenoxy) is 2. The van der Waals surface area contributed by atoms with Crippen LogP contribution in [0.4, 0.5) is 26.3 Å². The van der Waals surface area contributed by atoms with Gasteiger partial charge in [0, 0.05) is 12.0 Å². The van der Waals surface area contributed by atoms with Crippen molar-refractivity contribution in [3.05, 3.63) is 12.2 Å². The first-order chi connectivity index (χ1) is 15.2. The van der Waals surface area contributed by atoms with Gasteiger partial charge < -0.3 is 9.47 Å². The zero-order chi connectivity index (χ0) is 25.8. The van der Waals surface area contributed by atoms with Gasteiger partial charge in [0.25, 0.3) is 10.1 Å². The molecule has 0 aromatic rings. The fourth-order valence-corrected chi connectivity index (χ4v) is 7.90. The molecule has 4 aliphatic carbocycles. The van der Waals surface area contributed by atoms with E-state index in [1.54, 1.807) is 0 Å². The summed E-state index contributed by atoms with van der Waals surface area (Å²) < 4.78 is 123. The maximum Gasteiger partial charge on any atom is 0.438 e. The minimum Gasteiger partial charge on any atom is -0.456 e. The third-order valence-electron chi connectivity index (χ3n) is 8.09. The lowest BCUT2D eigenvalue weighted by Crippen LogP contribution is -2.64. The van der Waals surface area contributed by atoms with Gasteiger partial charge in [-0.1, -0.05) is 6.58 Å². The van der Waals surface area contributed by atoms with Gasteiger partial charge >= 0.3 is 29.9 Å². The Kier molecular flexibility index (Phi) is 5.12. The Morgan fingerprint density at radius 2 is 1.59 bits per heavy atom. The second kappa shape index (κ2) is 6.89. The lowest BCUT2D eigenvalue weighted by molar-refractivity contribution is -0.363. The van der Waals surface area contributed by atoms with Crippen molar-refractivity contribution in [3.8, 4) is 0 Å². The van der Waals surface area contributed by atoms with E-state index in [1.165, 1.54) is 6.92 Å². The van der Waals surface area contributed by atoms with Crippen molar-refractivity contribution in [2.45, 2.75) is 69.0 Å². The van der Waals surface area contributed by atoms with Gasteiger partial charge in [-0.15, -0.1) is 0 Å². The van der Waals surface area contributed by atoms with Gasteiger partial charge in [-0.05, 0) is 56.3 Å². The molecule has 1 spiro atoms. The first-order valence-corrected chi connectivity index (χ1v) is 12.0. The minimum absolute atomic E-state index is 0.0135. The lowest BCUT2D eigenvalue weighted by Gasteiger charge is -2.49. The molecule has 0 aromatic heterocycles. The summed E-state index contributed by atoms with van der Waals surface area (Å²) in [6.07, 6.45) is -12.0. The molecule has 192 valence electrons. The molecule has 14 heteroatoms. The highest BCUT2D eigenvalue weighted by atomic mass is 32.2. The van der Waals surface area contributed by atoms with Gasteiger partial charge in [0.1, 0.15) is 11.4 Å². The molecule has 4 aliphatic rings. The van der Waals surface area contributed by atoms with E-state index in [1.807, 2.05) is 0 Å². The number of hydrogen-bond donors (Lipinski definition) is 1. The van der Waals surface area contributed by atoms with Crippen molar-refractivity contribution in [3.63, 3.8) is 0 Å². The maximum atomic E-state index is 13.7. The molecule has 4 rings (SSSR count). The first-order valence-electron chi connectivity index (χ1n) is 10.4. The average Bonchev–Trinajstić information content (AvgIpc) is 2.92. The largest absolute Gasteiger partial charge is 0.456 e. The minimum atomic E-state index is -6.40. The van der Waals surface area contributed by atoms with Crippen LogP contribution in [0.15, 0.2) is 12.2 Å². The number of carbonyl (C=O) groups excluding carboxylic acids is 2. The summed E-state index contributed by atoms with van der Waals surface area (Å²) in [7, 11) is -5.89. The summed E-state index contributed by atoms with van der Waals surface area (Å²) in [6, 6.07) is 0. The molecule has 0 saturated heterocycles. The van der Waals surface area contributed by atoms with Crippen LogP contribution in [0.5, 0.6) is 0 Å². The molecule has 4 fully saturated rings. The molecule has 0 aromatic carbocycles. The van der Waals surface area contributed by atoms with Crippen molar-refractivity contribution >= 4 is 22.1 Å². The topological polar surface area (TPSA) is 107 Å². The molecule has 0 aliphatic heterocycles. The molecule has 0 amide bonds. The number of rotatable bonds is 6. The van der Waals surface area contributed by atoms with Gasteiger partial charge in [0.15, 0.2) is 0 Å². The van der Waals surface area contributed by atoms with Crippen molar-refractivity contribution in [1.82, 2.24) is 0 Å². The van der Waals surface area contributed by atoms with Crippen LogP contribution >= 0.6 is 0 Å². The highest BCUT2D eigenvalue weighted by Crippen LogP contribution is 2.80. The fourth-order valence-electron chi connectivity index (χ4n) is 7.00. The lowest BCUT2D eigenvalue weighted by atomic mass is 9.55. The molecule has 5 unspecified atom stereocenters. The van der Waals surface area contributed by atoms with Crippen LogP contribution in [0.3, 0.4) is 0 Å². The van der Waals surface area contributed by atoms with Crippen LogP contribution in [0.25, 0.3) is 0 Å². The Bertz CT molecular complexity index is 1050. The van der Waals surface area contributed by atoms with Crippen LogP contribution < -0.4 is 0 Å². The summed E-state index contributed by atoms with van der Waals surface area (Å²) in [5.74, 6) is -5.77. The standard InChI is InChI=1S/C20H22F6O7S/c1-10(2)13(27)32-16-5-12-3-11-4-15(6-16,7-17(11,12)8-16)14(28)33-18(19(21,22)23,20(24,25)26)9-34(29,30)31/h11-12H,1,3-9H2,2H3,(H,29,30,31). The summed E-state index contributed by atoms with van der Waals surface area (Å²) >= 11 is 0. The number of esters is 2. The molecular formula is C20H22F6O7S. The van der Waals surface area contributed by atoms with E-state index in [-0.39, 0.29) is 36.7 Å². The van der Waals surface area contributed by atoms with E-state index in [0.717, 1.165) is 0 Å². The molecule has 3 bridgehead atoms. The SMILES string of the molecule is C=C(C)C(=O)OC12CC3CC4CC(C(=O)OC(CS(=O)(=O)O)(C(F)(F)F)C(F)(F)F)(C1)CC34C2. The van der Waals surface area contributed by atoms with E-state index in [2.05, 4.69) is 11.3 Å². The smallest absolute Gasteiger partial charge is 0.438 e. The first kappa shape index (κ1) is 25.3. The molecule has 1 N–H and O–H groups in total. The van der Waals surface area contributed by atoms with Crippen LogP contribution in [0.1, 0.15) is 45.4 Å². The van der Waals surface area contributed by atoms with Crippen molar-refractivity contribution in [2.75, 3.05) is 5.75 Å². The van der Waals surface area contributed by atoms with Crippen LogP contribution in [-0.2, 0) is 29.2 Å². The van der Waals surface area contributed by atoms with Gasteiger partial charge in [-0.25, -0.2) is 4.79 Å². The number of fused-ring (bicyclic) bond motifs is 2. The third-order valence-corrected chi connectivity index (χ3v) is 8.86. The van der Waals surface area contributed by atoms with Gasteiger partial charge in [0.05, 0.1) is 5.41 Å². The van der Waals surface area contributed by atoms with Gasteiger partial charge in [-0.3, -0.25) is 9.35 Å². The van der Waals surface area contributed by atoms with Crippen LogP contribution in [-0.4, -0.2) is 54.2 Å². The van der Waals surface area contributed by atoms with E-state index < -0.39 is 62.2 Å². The maximum absolute atomic E-state index is 13.7. The zero-order valence-electron chi connectivity index (χ0n) is 17.9. The molecule has 4 saturated carbocycles. The predicted molar refractivity (Wildman–Crippen MR) is 101 cm³/mol. The van der Waals surface area contributed by atoms with Crippen LogP contribution in [0, 0.1) is 22.7 Å². The zero-order valence-corrected chi connectivity index (χ0v) is 18.7. The van der Waals surface area contributed by atoms with Crippen LogP contribution in [0.2, 0.25) is 0 Å². The summed E-state index contributed by atoms with van der Waals surface area (Å²) in [5, 5.41) is 0. The second-order valence-electron chi connectivity index (χ2n) is 10.4. The quantitative estimate of drug-likeness (QED) is 0.246. The molecule has 5 atom stereocenters. The molecular weight excluding hydrogens is 498 g/mol. The Hall–Kier alpha value is -1.83. The van der Waals surface area contributed by atoms with E-state index >= 15 is 0 Å². The average molecular weight is 520 g/mol. The Morgan fingerprint density at radius 1 is 1.03 bits per heavy atom. The molecule has 0 heterocycles. The van der Waals surface area contributed by atoms with E-state index in [4.69, 9.17) is 9.29 Å². The summed E-state index contributed by atoms with van der Waals surface area (Å²) in [4.78, 5) is 25.4. The Labute approximate surface area is 190 Å². The van der Waals surface area contributed by atoms with Crippen molar-refractivity contribution in [1.29, 1.82) is 0 Å². The fraction of sp³-hybridized carbons (Fsp3) is 0.800.